The number of nitrogens with one attached hydrogen (secondary N) is 2. The average Bonchev–Trinajstić information content (AvgIpc) is 3.47. The first-order valence-corrected chi connectivity index (χ1v) is 10.7. The molecule has 0 aliphatic carbocycles. The van der Waals surface area contributed by atoms with Gasteiger partial charge in [0.25, 0.3) is 5.91 Å². The first kappa shape index (κ1) is 20.5. The van der Waals surface area contributed by atoms with E-state index in [1.54, 1.807) is 19.4 Å². The van der Waals surface area contributed by atoms with Crippen molar-refractivity contribution in [1.82, 2.24) is 20.2 Å². The molecule has 0 saturated carbocycles. The summed E-state index contributed by atoms with van der Waals surface area (Å²) < 4.78 is 7.47. The van der Waals surface area contributed by atoms with Gasteiger partial charge in [-0.15, -0.1) is 0 Å². The summed E-state index contributed by atoms with van der Waals surface area (Å²) in [5.74, 6) is 0.404. The van der Waals surface area contributed by atoms with Crippen molar-refractivity contribution in [1.29, 1.82) is 0 Å². The minimum atomic E-state index is -0.359. The third-order valence-corrected chi connectivity index (χ3v) is 5.70. The summed E-state index contributed by atoms with van der Waals surface area (Å²) in [7, 11) is 1.62. The predicted octanol–water partition coefficient (Wildman–Crippen LogP) is 4.98. The molecule has 2 N–H and O–H groups in total. The Hall–Kier alpha value is -4.39. The molecule has 7 heteroatoms. The zero-order valence-corrected chi connectivity index (χ0v) is 18.4. The molecule has 7 nitrogen and oxygen atoms in total. The molecule has 0 atom stereocenters. The number of hydrazone groups is 1. The summed E-state index contributed by atoms with van der Waals surface area (Å²) >= 11 is 0. The Labute approximate surface area is 190 Å². The molecule has 5 rings (SSSR count). The maximum absolute atomic E-state index is 12.5. The van der Waals surface area contributed by atoms with E-state index in [9.17, 15) is 4.79 Å². The Morgan fingerprint density at radius 1 is 1.06 bits per heavy atom. The number of H-pyrrole nitrogens is 1. The van der Waals surface area contributed by atoms with Gasteiger partial charge in [0, 0.05) is 33.9 Å². The molecule has 2 aromatic heterocycles. The highest BCUT2D eigenvalue weighted by molar-refractivity contribution is 6.09. The second-order valence-electron chi connectivity index (χ2n) is 7.63. The monoisotopic (exact) mass is 437 g/mol. The first-order valence-electron chi connectivity index (χ1n) is 10.7. The Morgan fingerprint density at radius 2 is 1.85 bits per heavy atom. The maximum atomic E-state index is 12.5. The van der Waals surface area contributed by atoms with Gasteiger partial charge in [-0.05, 0) is 61.0 Å². The average molecular weight is 438 g/mol. The fourth-order valence-electron chi connectivity index (χ4n) is 4.07. The number of ether oxygens (including phenoxy) is 1. The number of carbonyl (C=O) groups is 1. The van der Waals surface area contributed by atoms with Gasteiger partial charge >= 0.3 is 0 Å². The lowest BCUT2D eigenvalue weighted by atomic mass is 10.1. The minimum absolute atomic E-state index is 0.333. The van der Waals surface area contributed by atoms with E-state index < -0.39 is 0 Å². The second-order valence-corrected chi connectivity index (χ2v) is 7.63. The van der Waals surface area contributed by atoms with Gasteiger partial charge in [-0.1, -0.05) is 24.3 Å². The summed E-state index contributed by atoms with van der Waals surface area (Å²) in [6, 6.07) is 23.7. The molecule has 1 amide bonds. The van der Waals surface area contributed by atoms with E-state index in [1.807, 2.05) is 36.4 Å². The SMILES string of the molecule is CCn1c2ccccc2c2cc(/C=N/NC(=O)c3cc(-c4ccc(OC)cc4)n[nH]3)ccc21. The second kappa shape index (κ2) is 8.63. The lowest BCUT2D eigenvalue weighted by Gasteiger charge is -2.02. The number of hydrogen-bond donors (Lipinski definition) is 2. The predicted molar refractivity (Wildman–Crippen MR) is 131 cm³/mol. The van der Waals surface area contributed by atoms with Gasteiger partial charge in [-0.2, -0.15) is 10.2 Å². The lowest BCUT2D eigenvalue weighted by Crippen LogP contribution is -2.17. The van der Waals surface area contributed by atoms with Gasteiger partial charge < -0.3 is 9.30 Å². The number of methoxy groups -OCH3 is 1. The topological polar surface area (TPSA) is 84.3 Å². The molecule has 0 fully saturated rings. The number of aryl methyl sites for hydroxylation is 1. The van der Waals surface area contributed by atoms with Crippen LogP contribution in [0.4, 0.5) is 0 Å². The Kier molecular flexibility index (Phi) is 5.36. The standard InChI is InChI=1S/C26H23N5O2/c1-3-31-24-7-5-4-6-20(24)21-14-17(8-13-25(21)31)16-27-30-26(32)23-15-22(28-29-23)18-9-11-19(33-2)12-10-18/h4-16H,3H2,1-2H3,(H,28,29)(H,30,32)/b27-16+. The van der Waals surface area contributed by atoms with Gasteiger partial charge in [-0.3, -0.25) is 9.89 Å². The fourth-order valence-corrected chi connectivity index (χ4v) is 4.07. The van der Waals surface area contributed by atoms with E-state index >= 15 is 0 Å². The van der Waals surface area contributed by atoms with Gasteiger partial charge in [0.1, 0.15) is 11.4 Å². The zero-order valence-electron chi connectivity index (χ0n) is 18.4. The summed E-state index contributed by atoms with van der Waals surface area (Å²) in [6.07, 6.45) is 1.65. The summed E-state index contributed by atoms with van der Waals surface area (Å²) in [5.41, 5.74) is 7.76. The molecule has 0 radical (unpaired) electrons. The largest absolute Gasteiger partial charge is 0.497 e. The third-order valence-electron chi connectivity index (χ3n) is 5.70. The van der Waals surface area contributed by atoms with Crippen molar-refractivity contribution in [2.24, 2.45) is 5.10 Å². The van der Waals surface area contributed by atoms with E-state index in [4.69, 9.17) is 4.74 Å². The molecule has 33 heavy (non-hydrogen) atoms. The van der Waals surface area contributed by atoms with Gasteiger partial charge in [0.2, 0.25) is 0 Å². The van der Waals surface area contributed by atoms with Crippen LogP contribution in [-0.2, 0) is 6.54 Å². The van der Waals surface area contributed by atoms with Crippen LogP contribution in [0.25, 0.3) is 33.1 Å². The highest BCUT2D eigenvalue weighted by Gasteiger charge is 2.11. The van der Waals surface area contributed by atoms with Gasteiger partial charge in [0.15, 0.2) is 0 Å². The number of rotatable bonds is 6. The van der Waals surface area contributed by atoms with Crippen molar-refractivity contribution in [3.05, 3.63) is 84.1 Å². The van der Waals surface area contributed by atoms with Crippen LogP contribution in [0.5, 0.6) is 5.75 Å². The lowest BCUT2D eigenvalue weighted by molar-refractivity contribution is 0.0950. The number of benzene rings is 3. The fraction of sp³-hybridized carbons (Fsp3) is 0.115. The molecule has 0 bridgehead atoms. The molecular formula is C26H23N5O2. The van der Waals surface area contributed by atoms with Crippen LogP contribution in [0.1, 0.15) is 23.0 Å². The molecule has 164 valence electrons. The van der Waals surface area contributed by atoms with Crippen molar-refractivity contribution in [2.75, 3.05) is 7.11 Å². The number of nitrogens with zero attached hydrogens (tertiary/aromatic N) is 3. The van der Waals surface area contributed by atoms with E-state index in [0.29, 0.717) is 11.4 Å². The van der Waals surface area contributed by atoms with Crippen molar-refractivity contribution in [2.45, 2.75) is 13.5 Å². The molecule has 0 aliphatic rings. The first-order chi connectivity index (χ1) is 16.2. The highest BCUT2D eigenvalue weighted by atomic mass is 16.5. The number of aromatic amines is 1. The molecule has 0 saturated heterocycles. The number of amides is 1. The van der Waals surface area contributed by atoms with Crippen LogP contribution in [0.3, 0.4) is 0 Å². The van der Waals surface area contributed by atoms with Crippen LogP contribution in [0.15, 0.2) is 77.9 Å². The third kappa shape index (κ3) is 3.85. The number of fused-ring (bicyclic) bond motifs is 3. The number of carbonyl (C=O) groups excluding carboxylic acids is 1. The smallest absolute Gasteiger partial charge is 0.289 e. The van der Waals surface area contributed by atoms with E-state index in [0.717, 1.165) is 23.4 Å². The van der Waals surface area contributed by atoms with Gasteiger partial charge in [-0.25, -0.2) is 5.43 Å². The van der Waals surface area contributed by atoms with Crippen molar-refractivity contribution >= 4 is 33.9 Å². The quantitative estimate of drug-likeness (QED) is 0.290. The molecule has 3 aromatic carbocycles. The van der Waals surface area contributed by atoms with Crippen LogP contribution < -0.4 is 10.2 Å². The molecule has 0 aliphatic heterocycles. The zero-order chi connectivity index (χ0) is 22.8. The highest BCUT2D eigenvalue weighted by Crippen LogP contribution is 2.29. The van der Waals surface area contributed by atoms with Crippen molar-refractivity contribution in [3.63, 3.8) is 0 Å². The van der Waals surface area contributed by atoms with E-state index in [-0.39, 0.29) is 5.91 Å². The van der Waals surface area contributed by atoms with Crippen LogP contribution in [0.2, 0.25) is 0 Å². The molecule has 5 aromatic rings. The molecule has 0 spiro atoms. The van der Waals surface area contributed by atoms with Gasteiger partial charge in [0.05, 0.1) is 19.0 Å². The van der Waals surface area contributed by atoms with Crippen molar-refractivity contribution in [3.8, 4) is 17.0 Å². The normalized spacial score (nSPS) is 11.5. The summed E-state index contributed by atoms with van der Waals surface area (Å²) in [6.45, 7) is 3.04. The van der Waals surface area contributed by atoms with E-state index in [2.05, 4.69) is 62.5 Å². The van der Waals surface area contributed by atoms with Crippen molar-refractivity contribution < 1.29 is 9.53 Å². The Balaban J connectivity index is 1.32. The Morgan fingerprint density at radius 3 is 2.64 bits per heavy atom. The molecular weight excluding hydrogens is 414 g/mol. The number of hydrogen-bond acceptors (Lipinski definition) is 4. The van der Waals surface area contributed by atoms with Crippen LogP contribution in [0, 0.1) is 0 Å². The Bertz CT molecular complexity index is 1480. The summed E-state index contributed by atoms with van der Waals surface area (Å²) in [4.78, 5) is 12.5. The maximum Gasteiger partial charge on any atom is 0.289 e. The van der Waals surface area contributed by atoms with Crippen LogP contribution in [-0.4, -0.2) is 34.0 Å². The van der Waals surface area contributed by atoms with E-state index in [1.165, 1.54) is 21.8 Å². The van der Waals surface area contributed by atoms with Crippen LogP contribution >= 0.6 is 0 Å². The summed E-state index contributed by atoms with van der Waals surface area (Å²) in [5, 5.41) is 13.5. The number of aromatic nitrogens is 3. The molecule has 0 unspecified atom stereocenters. The minimum Gasteiger partial charge on any atom is -0.497 e. The number of para-hydroxylation sites is 1. The molecule has 2 heterocycles.